The number of halogens is 2. The van der Waals surface area contributed by atoms with Gasteiger partial charge in [0.1, 0.15) is 5.03 Å². The van der Waals surface area contributed by atoms with E-state index in [1.807, 2.05) is 0 Å². The van der Waals surface area contributed by atoms with Crippen LogP contribution in [0, 0.1) is 0 Å². The maximum Gasteiger partial charge on any atom is 0.203 e. The van der Waals surface area contributed by atoms with Gasteiger partial charge in [0.25, 0.3) is 0 Å². The summed E-state index contributed by atoms with van der Waals surface area (Å²) < 4.78 is 4.63. The molecule has 0 radical (unpaired) electrons. The zero-order valence-corrected chi connectivity index (χ0v) is 7.40. The Hall–Kier alpha value is 0.210. The summed E-state index contributed by atoms with van der Waals surface area (Å²) in [7, 11) is 1.45. The van der Waals surface area contributed by atoms with Gasteiger partial charge in [-0.1, -0.05) is 23.2 Å². The van der Waals surface area contributed by atoms with Gasteiger partial charge in [0.05, 0.1) is 7.11 Å². The molecule has 0 heterocycles. The lowest BCUT2D eigenvalue weighted by Crippen LogP contribution is -1.96. The van der Waals surface area contributed by atoms with Gasteiger partial charge in [0, 0.05) is 5.03 Å². The fourth-order valence-electron chi connectivity index (χ4n) is 0.230. The van der Waals surface area contributed by atoms with Gasteiger partial charge in [0.2, 0.25) is 5.05 Å². The highest BCUT2D eigenvalue weighted by Crippen LogP contribution is 2.14. The first-order chi connectivity index (χ1) is 4.09. The van der Waals surface area contributed by atoms with E-state index in [0.717, 1.165) is 0 Å². The third-order valence-corrected chi connectivity index (χ3v) is 1.89. The van der Waals surface area contributed by atoms with Crippen LogP contribution in [-0.4, -0.2) is 12.2 Å². The normalized spacial score (nSPS) is 12.4. The van der Waals surface area contributed by atoms with Crippen LogP contribution in [-0.2, 0) is 4.74 Å². The summed E-state index contributed by atoms with van der Waals surface area (Å²) >= 11 is 15.7. The first kappa shape index (κ1) is 9.21. The van der Waals surface area contributed by atoms with Gasteiger partial charge >= 0.3 is 0 Å². The summed E-state index contributed by atoms with van der Waals surface area (Å²) in [6.45, 7) is 1.65. The van der Waals surface area contributed by atoms with E-state index in [4.69, 9.17) is 23.2 Å². The van der Waals surface area contributed by atoms with E-state index in [1.54, 1.807) is 6.92 Å². The molecule has 52 valence electrons. The number of methoxy groups -OCH3 is 1. The SMILES string of the molecule is COC(=S)C(Cl)=C(C)Cl. The molecule has 0 spiro atoms. The summed E-state index contributed by atoms with van der Waals surface area (Å²) in [6.07, 6.45) is 0. The number of hydrogen-bond acceptors (Lipinski definition) is 2. The van der Waals surface area contributed by atoms with E-state index < -0.39 is 0 Å². The molecule has 0 unspecified atom stereocenters. The predicted molar refractivity (Wildman–Crippen MR) is 44.0 cm³/mol. The summed E-state index contributed by atoms with van der Waals surface area (Å²) in [4.78, 5) is 0. The quantitative estimate of drug-likeness (QED) is 0.458. The van der Waals surface area contributed by atoms with Gasteiger partial charge < -0.3 is 4.74 Å². The standard InChI is InChI=1S/C5H6Cl2OS/c1-3(6)4(7)5(9)8-2/h1-2H3. The second-order valence-corrected chi connectivity index (χ2v) is 2.65. The number of rotatable bonds is 1. The third kappa shape index (κ3) is 3.04. The average molecular weight is 185 g/mol. The van der Waals surface area contributed by atoms with E-state index in [9.17, 15) is 0 Å². The van der Waals surface area contributed by atoms with Gasteiger partial charge in [-0.25, -0.2) is 0 Å². The van der Waals surface area contributed by atoms with Crippen LogP contribution >= 0.6 is 35.4 Å². The van der Waals surface area contributed by atoms with E-state index in [-0.39, 0.29) is 5.05 Å². The van der Waals surface area contributed by atoms with Crippen molar-refractivity contribution < 1.29 is 4.74 Å². The summed E-state index contributed by atoms with van der Waals surface area (Å²) in [5.41, 5.74) is 0. The monoisotopic (exact) mass is 184 g/mol. The molecule has 0 aliphatic heterocycles. The summed E-state index contributed by atoms with van der Waals surface area (Å²) in [5.74, 6) is 0. The lowest BCUT2D eigenvalue weighted by molar-refractivity contribution is 0.416. The van der Waals surface area contributed by atoms with Crippen molar-refractivity contribution in [2.75, 3.05) is 7.11 Å². The molecule has 0 aromatic carbocycles. The molecule has 0 rings (SSSR count). The lowest BCUT2D eigenvalue weighted by Gasteiger charge is -1.98. The van der Waals surface area contributed by atoms with Gasteiger partial charge in [-0.2, -0.15) is 0 Å². The van der Waals surface area contributed by atoms with Crippen molar-refractivity contribution >= 4 is 40.5 Å². The minimum absolute atomic E-state index is 0.226. The third-order valence-electron chi connectivity index (χ3n) is 0.667. The Labute approximate surface area is 69.6 Å². The molecule has 0 saturated heterocycles. The fraction of sp³-hybridized carbons (Fsp3) is 0.400. The zero-order chi connectivity index (χ0) is 7.44. The van der Waals surface area contributed by atoms with E-state index in [2.05, 4.69) is 17.0 Å². The smallest absolute Gasteiger partial charge is 0.203 e. The Morgan fingerprint density at radius 2 is 1.89 bits per heavy atom. The Morgan fingerprint density at radius 1 is 1.44 bits per heavy atom. The molecule has 0 aromatic heterocycles. The van der Waals surface area contributed by atoms with Gasteiger partial charge in [-0.15, -0.1) is 0 Å². The molecule has 0 aliphatic rings. The number of thiocarbonyl (C=S) groups is 1. The minimum Gasteiger partial charge on any atom is -0.486 e. The molecule has 0 amide bonds. The van der Waals surface area contributed by atoms with Gasteiger partial charge in [-0.3, -0.25) is 0 Å². The minimum atomic E-state index is 0.226. The second kappa shape index (κ2) is 4.09. The van der Waals surface area contributed by atoms with Crippen molar-refractivity contribution in [3.63, 3.8) is 0 Å². The first-order valence-corrected chi connectivity index (χ1v) is 3.36. The predicted octanol–water partition coefficient (Wildman–Crippen LogP) is 2.67. The van der Waals surface area contributed by atoms with Crippen molar-refractivity contribution in [1.82, 2.24) is 0 Å². The van der Waals surface area contributed by atoms with Crippen LogP contribution in [0.1, 0.15) is 6.92 Å². The summed E-state index contributed by atoms with van der Waals surface area (Å²) in [5, 5.41) is 0.974. The molecule has 0 aliphatic carbocycles. The molecule has 1 nitrogen and oxygen atoms in total. The Morgan fingerprint density at radius 3 is 2.00 bits per heavy atom. The van der Waals surface area contributed by atoms with Crippen molar-refractivity contribution in [1.29, 1.82) is 0 Å². The largest absolute Gasteiger partial charge is 0.486 e. The van der Waals surface area contributed by atoms with Crippen molar-refractivity contribution in [2.24, 2.45) is 0 Å². The molecule has 0 bridgehead atoms. The number of ether oxygens (including phenoxy) is 1. The number of hydrogen-bond donors (Lipinski definition) is 0. The van der Waals surface area contributed by atoms with E-state index in [0.29, 0.717) is 10.1 Å². The molecular formula is C5H6Cl2OS. The zero-order valence-electron chi connectivity index (χ0n) is 5.07. The van der Waals surface area contributed by atoms with Crippen molar-refractivity contribution in [3.05, 3.63) is 10.1 Å². The van der Waals surface area contributed by atoms with Crippen LogP contribution in [0.5, 0.6) is 0 Å². The maximum absolute atomic E-state index is 5.55. The summed E-state index contributed by atoms with van der Waals surface area (Å²) in [6, 6.07) is 0. The van der Waals surface area contributed by atoms with Crippen LogP contribution in [0.2, 0.25) is 0 Å². The molecule has 0 fully saturated rings. The first-order valence-electron chi connectivity index (χ1n) is 2.19. The second-order valence-electron chi connectivity index (χ2n) is 1.34. The van der Waals surface area contributed by atoms with Crippen molar-refractivity contribution in [3.8, 4) is 0 Å². The molecule has 0 atom stereocenters. The van der Waals surface area contributed by atoms with E-state index in [1.165, 1.54) is 7.11 Å². The van der Waals surface area contributed by atoms with E-state index >= 15 is 0 Å². The lowest BCUT2D eigenvalue weighted by atomic mass is 10.5. The Balaban J connectivity index is 4.21. The highest BCUT2D eigenvalue weighted by Gasteiger charge is 2.02. The topological polar surface area (TPSA) is 9.23 Å². The van der Waals surface area contributed by atoms with Crippen molar-refractivity contribution in [2.45, 2.75) is 6.92 Å². The molecule has 0 saturated carbocycles. The van der Waals surface area contributed by atoms with Gasteiger partial charge in [-0.05, 0) is 19.1 Å². The highest BCUT2D eigenvalue weighted by molar-refractivity contribution is 7.80. The van der Waals surface area contributed by atoms with Crippen LogP contribution in [0.3, 0.4) is 0 Å². The van der Waals surface area contributed by atoms with Crippen LogP contribution < -0.4 is 0 Å². The molecular weight excluding hydrogens is 179 g/mol. The number of allylic oxidation sites excluding steroid dienone is 1. The average Bonchev–Trinajstić information content (AvgIpc) is 1.84. The molecule has 0 aromatic rings. The van der Waals surface area contributed by atoms with Crippen LogP contribution in [0.15, 0.2) is 10.1 Å². The maximum atomic E-state index is 5.55. The molecule has 9 heavy (non-hydrogen) atoms. The Kier molecular flexibility index (Phi) is 4.19. The van der Waals surface area contributed by atoms with Crippen LogP contribution in [0.25, 0.3) is 0 Å². The van der Waals surface area contributed by atoms with Crippen LogP contribution in [0.4, 0.5) is 0 Å². The Bertz CT molecular complexity index is 149. The fourth-order valence-corrected chi connectivity index (χ4v) is 0.602. The molecule has 4 heteroatoms. The highest BCUT2D eigenvalue weighted by atomic mass is 35.5. The van der Waals surface area contributed by atoms with Gasteiger partial charge in [0.15, 0.2) is 0 Å². The molecule has 0 N–H and O–H groups in total.